The number of carbonyl (C=O) groups excluding carboxylic acids is 1. The molecular weight excluding hydrogens is 339 g/mol. The molecule has 1 aromatic heterocycles. The summed E-state index contributed by atoms with van der Waals surface area (Å²) in [5.41, 5.74) is -0.894. The number of aromatic nitrogens is 2. The topological polar surface area (TPSA) is 84.2 Å². The van der Waals surface area contributed by atoms with Crippen molar-refractivity contribution in [2.75, 3.05) is 0 Å². The lowest BCUT2D eigenvalue weighted by Crippen LogP contribution is -2.43. The van der Waals surface area contributed by atoms with E-state index in [1.807, 2.05) is 0 Å². The molecule has 9 heteroatoms. The second kappa shape index (κ2) is 5.47. The van der Waals surface area contributed by atoms with Crippen LogP contribution in [0.2, 0.25) is 0 Å². The van der Waals surface area contributed by atoms with Crippen LogP contribution in [0.3, 0.4) is 0 Å². The summed E-state index contributed by atoms with van der Waals surface area (Å²) in [7, 11) is 0. The number of hydrogen-bond acceptors (Lipinski definition) is 3. The Labute approximate surface area is 140 Å². The number of aliphatic carboxylic acids is 1. The first-order valence-corrected chi connectivity index (χ1v) is 7.70. The number of amides is 1. The molecule has 0 radical (unpaired) electrons. The van der Waals surface area contributed by atoms with E-state index in [2.05, 4.69) is 10.3 Å². The Bertz CT molecular complexity index is 867. The van der Waals surface area contributed by atoms with Crippen LogP contribution in [0.15, 0.2) is 18.2 Å². The molecule has 0 atom stereocenters. The first-order valence-electron chi connectivity index (χ1n) is 7.70. The first kappa shape index (κ1) is 17.2. The smallest absolute Gasteiger partial charge is 0.449 e. The minimum absolute atomic E-state index is 0.0360. The zero-order valence-electron chi connectivity index (χ0n) is 13.5. The predicted octanol–water partition coefficient (Wildman–Crippen LogP) is 2.98. The van der Waals surface area contributed by atoms with Gasteiger partial charge < -0.3 is 15.0 Å². The number of carboxylic acids is 1. The molecule has 1 aromatic carbocycles. The Balaban J connectivity index is 2.00. The number of imidazole rings is 1. The Morgan fingerprint density at radius 2 is 1.96 bits per heavy atom. The number of nitrogens with zero attached hydrogens (tertiary/aromatic N) is 2. The van der Waals surface area contributed by atoms with Gasteiger partial charge in [-0.15, -0.1) is 0 Å². The molecular formula is C16H16F3N3O3. The fraction of sp³-hybridized carbons (Fsp3) is 0.438. The van der Waals surface area contributed by atoms with Gasteiger partial charge >= 0.3 is 12.1 Å². The minimum atomic E-state index is -4.62. The number of carboxylic acid groups (broad SMARTS) is 1. The van der Waals surface area contributed by atoms with Gasteiger partial charge in [0.1, 0.15) is 5.54 Å². The summed E-state index contributed by atoms with van der Waals surface area (Å²) in [5, 5.41) is 11.5. The van der Waals surface area contributed by atoms with Crippen molar-refractivity contribution in [1.29, 1.82) is 0 Å². The van der Waals surface area contributed by atoms with E-state index in [0.29, 0.717) is 12.8 Å². The van der Waals surface area contributed by atoms with Gasteiger partial charge in [0.15, 0.2) is 0 Å². The lowest BCUT2D eigenvalue weighted by molar-refractivity contribution is -0.147. The number of fused-ring (bicyclic) bond motifs is 1. The second-order valence-electron chi connectivity index (χ2n) is 6.44. The molecule has 0 unspecified atom stereocenters. The van der Waals surface area contributed by atoms with Crippen LogP contribution in [0.4, 0.5) is 13.2 Å². The highest BCUT2D eigenvalue weighted by Crippen LogP contribution is 2.36. The molecule has 0 bridgehead atoms. The summed E-state index contributed by atoms with van der Waals surface area (Å²) in [4.78, 5) is 27.0. The monoisotopic (exact) mass is 355 g/mol. The van der Waals surface area contributed by atoms with E-state index in [9.17, 15) is 22.8 Å². The van der Waals surface area contributed by atoms with Crippen LogP contribution >= 0.6 is 0 Å². The second-order valence-corrected chi connectivity index (χ2v) is 6.44. The van der Waals surface area contributed by atoms with Gasteiger partial charge in [0.25, 0.3) is 5.91 Å². The van der Waals surface area contributed by atoms with Gasteiger partial charge in [-0.3, -0.25) is 4.79 Å². The lowest BCUT2D eigenvalue weighted by atomic mass is 10.1. The van der Waals surface area contributed by atoms with Crippen molar-refractivity contribution < 1.29 is 27.9 Å². The van der Waals surface area contributed by atoms with Crippen molar-refractivity contribution in [1.82, 2.24) is 14.9 Å². The molecule has 1 heterocycles. The third-order valence-corrected chi connectivity index (χ3v) is 4.23. The maximum atomic E-state index is 13.2. The highest BCUT2D eigenvalue weighted by atomic mass is 19.4. The number of rotatable bonds is 4. The largest absolute Gasteiger partial charge is 0.480 e. The van der Waals surface area contributed by atoms with Gasteiger partial charge in [-0.25, -0.2) is 9.78 Å². The van der Waals surface area contributed by atoms with Crippen molar-refractivity contribution in [3.05, 3.63) is 29.6 Å². The molecule has 1 aliphatic carbocycles. The maximum absolute atomic E-state index is 13.2. The van der Waals surface area contributed by atoms with Gasteiger partial charge in [0.05, 0.1) is 11.0 Å². The molecule has 1 amide bonds. The van der Waals surface area contributed by atoms with Crippen LogP contribution in [0.1, 0.15) is 48.9 Å². The number of nitrogens with one attached hydrogen (secondary N) is 1. The number of alkyl halides is 3. The van der Waals surface area contributed by atoms with Crippen LogP contribution in [-0.2, 0) is 11.0 Å². The SMILES string of the molecule is CC(C)n1c(C(F)(F)F)nc2cc(C(=O)NC3(C(=O)O)CC3)ccc21. The van der Waals surface area contributed by atoms with Crippen molar-refractivity contribution in [3.63, 3.8) is 0 Å². The van der Waals surface area contributed by atoms with E-state index in [1.165, 1.54) is 18.2 Å². The van der Waals surface area contributed by atoms with E-state index >= 15 is 0 Å². The van der Waals surface area contributed by atoms with Crippen LogP contribution in [-0.4, -0.2) is 32.1 Å². The van der Waals surface area contributed by atoms with E-state index in [4.69, 9.17) is 5.11 Å². The van der Waals surface area contributed by atoms with Crippen LogP contribution in [0.5, 0.6) is 0 Å². The highest BCUT2D eigenvalue weighted by Gasteiger charge is 2.51. The van der Waals surface area contributed by atoms with E-state index in [-0.39, 0.29) is 16.6 Å². The van der Waals surface area contributed by atoms with Crippen LogP contribution in [0, 0.1) is 0 Å². The average molecular weight is 355 g/mol. The van der Waals surface area contributed by atoms with Crippen molar-refractivity contribution in [2.24, 2.45) is 0 Å². The lowest BCUT2D eigenvalue weighted by Gasteiger charge is -2.15. The average Bonchev–Trinajstić information content (AvgIpc) is 3.17. The standard InChI is InChI=1S/C16H16F3N3O3/c1-8(2)22-11-4-3-9(7-10(11)20-13(22)16(17,18)19)12(23)21-15(5-6-15)14(24)25/h3-4,7-8H,5-6H2,1-2H3,(H,21,23)(H,24,25). The van der Waals surface area contributed by atoms with Crippen molar-refractivity contribution in [2.45, 2.75) is 44.4 Å². The molecule has 1 saturated carbocycles. The Morgan fingerprint density at radius 3 is 2.44 bits per heavy atom. The van der Waals surface area contributed by atoms with Crippen LogP contribution < -0.4 is 5.32 Å². The molecule has 1 fully saturated rings. The third-order valence-electron chi connectivity index (χ3n) is 4.23. The number of carbonyl (C=O) groups is 2. The predicted molar refractivity (Wildman–Crippen MR) is 82.2 cm³/mol. The zero-order valence-corrected chi connectivity index (χ0v) is 13.5. The molecule has 134 valence electrons. The molecule has 2 aromatic rings. The highest BCUT2D eigenvalue weighted by molar-refractivity contribution is 6.01. The summed E-state index contributed by atoms with van der Waals surface area (Å²) in [6, 6.07) is 3.54. The molecule has 0 aliphatic heterocycles. The molecule has 25 heavy (non-hydrogen) atoms. The van der Waals surface area contributed by atoms with E-state index in [1.54, 1.807) is 13.8 Å². The number of hydrogen-bond donors (Lipinski definition) is 2. The fourth-order valence-corrected chi connectivity index (χ4v) is 2.77. The Morgan fingerprint density at radius 1 is 1.32 bits per heavy atom. The summed E-state index contributed by atoms with van der Waals surface area (Å²) in [6.07, 6.45) is -3.96. The quantitative estimate of drug-likeness (QED) is 0.883. The van der Waals surface area contributed by atoms with Gasteiger partial charge in [0.2, 0.25) is 5.82 Å². The molecule has 6 nitrogen and oxygen atoms in total. The minimum Gasteiger partial charge on any atom is -0.480 e. The summed E-state index contributed by atoms with van der Waals surface area (Å²) in [5.74, 6) is -2.79. The zero-order chi connectivity index (χ0) is 18.6. The summed E-state index contributed by atoms with van der Waals surface area (Å²) in [6.45, 7) is 3.22. The first-order chi connectivity index (χ1) is 11.5. The number of halogens is 3. The normalized spacial score (nSPS) is 16.2. The van der Waals surface area contributed by atoms with E-state index < -0.39 is 35.5 Å². The van der Waals surface area contributed by atoms with Crippen LogP contribution in [0.25, 0.3) is 11.0 Å². The van der Waals surface area contributed by atoms with Gasteiger partial charge in [-0.1, -0.05) is 0 Å². The fourth-order valence-electron chi connectivity index (χ4n) is 2.77. The van der Waals surface area contributed by atoms with Gasteiger partial charge in [0, 0.05) is 11.6 Å². The summed E-state index contributed by atoms with van der Waals surface area (Å²) >= 11 is 0. The number of benzene rings is 1. The Kier molecular flexibility index (Phi) is 3.77. The molecule has 2 N–H and O–H groups in total. The van der Waals surface area contributed by atoms with Crippen molar-refractivity contribution in [3.8, 4) is 0 Å². The molecule has 3 rings (SSSR count). The maximum Gasteiger partial charge on any atom is 0.449 e. The van der Waals surface area contributed by atoms with Gasteiger partial charge in [-0.2, -0.15) is 13.2 Å². The van der Waals surface area contributed by atoms with Crippen molar-refractivity contribution >= 4 is 22.9 Å². The molecule has 0 spiro atoms. The molecule has 1 aliphatic rings. The summed E-state index contributed by atoms with van der Waals surface area (Å²) < 4.78 is 40.7. The van der Waals surface area contributed by atoms with Gasteiger partial charge in [-0.05, 0) is 44.9 Å². The Hall–Kier alpha value is -2.58. The third kappa shape index (κ3) is 2.94. The van der Waals surface area contributed by atoms with E-state index in [0.717, 1.165) is 4.57 Å². The molecule has 0 saturated heterocycles.